The zero-order valence-electron chi connectivity index (χ0n) is 8.15. The van der Waals surface area contributed by atoms with Crippen LogP contribution in [0.2, 0.25) is 0 Å². The van der Waals surface area contributed by atoms with Gasteiger partial charge in [-0.2, -0.15) is 0 Å². The molecule has 0 saturated carbocycles. The lowest BCUT2D eigenvalue weighted by atomic mass is 10.0. The molecule has 1 aromatic heterocycles. The van der Waals surface area contributed by atoms with Crippen LogP contribution in [-0.4, -0.2) is 27.9 Å². The van der Waals surface area contributed by atoms with Gasteiger partial charge >= 0.3 is 11.7 Å². The van der Waals surface area contributed by atoms with Gasteiger partial charge in [0.2, 0.25) is 0 Å². The predicted octanol–water partition coefficient (Wildman–Crippen LogP) is -1.57. The number of carbonyl (C=O) groups excluding carboxylic acids is 1. The Morgan fingerprint density at radius 3 is 2.88 bits per heavy atom. The third-order valence-electron chi connectivity index (χ3n) is 2.26. The number of carbonyl (C=O) groups is 1. The summed E-state index contributed by atoms with van der Waals surface area (Å²) in [4.78, 5) is 28.1. The molecule has 1 aliphatic heterocycles. The van der Waals surface area contributed by atoms with Crippen molar-refractivity contribution in [1.82, 2.24) is 20.6 Å². The van der Waals surface area contributed by atoms with Crippen molar-refractivity contribution in [3.63, 3.8) is 0 Å². The van der Waals surface area contributed by atoms with E-state index < -0.39 is 23.8 Å². The summed E-state index contributed by atoms with van der Waals surface area (Å²) in [5.41, 5.74) is 5.62. The number of aromatic amines is 1. The van der Waals surface area contributed by atoms with Crippen LogP contribution in [0, 0.1) is 5.41 Å². The van der Waals surface area contributed by atoms with Crippen LogP contribution in [-0.2, 0) is 0 Å². The molecule has 2 unspecified atom stereocenters. The highest BCUT2D eigenvalue weighted by molar-refractivity contribution is 6.01. The molecule has 6 N–H and O–H groups in total. The highest BCUT2D eigenvalue weighted by Crippen LogP contribution is 2.14. The van der Waals surface area contributed by atoms with Gasteiger partial charge in [0.1, 0.15) is 5.84 Å². The molecule has 1 aromatic rings. The fourth-order valence-corrected chi connectivity index (χ4v) is 1.47. The molecule has 16 heavy (non-hydrogen) atoms. The van der Waals surface area contributed by atoms with Gasteiger partial charge < -0.3 is 16.0 Å². The first-order valence-electron chi connectivity index (χ1n) is 4.54. The second-order valence-electron chi connectivity index (χ2n) is 3.35. The van der Waals surface area contributed by atoms with Crippen LogP contribution in [0.4, 0.5) is 4.79 Å². The summed E-state index contributed by atoms with van der Waals surface area (Å²) < 4.78 is 0. The maximum atomic E-state index is 11.2. The molecule has 0 aromatic carbocycles. The fourth-order valence-electron chi connectivity index (χ4n) is 1.47. The van der Waals surface area contributed by atoms with Crippen LogP contribution in [0.25, 0.3) is 0 Å². The Hall–Kier alpha value is -2.22. The zero-order valence-corrected chi connectivity index (χ0v) is 8.15. The third kappa shape index (κ3) is 1.77. The smallest absolute Gasteiger partial charge is 0.327 e. The number of amidine groups is 1. The summed E-state index contributed by atoms with van der Waals surface area (Å²) >= 11 is 0. The topological polar surface area (TPSA) is 137 Å². The van der Waals surface area contributed by atoms with Crippen LogP contribution >= 0.6 is 0 Å². The summed E-state index contributed by atoms with van der Waals surface area (Å²) in [6.45, 7) is 0. The van der Waals surface area contributed by atoms with Crippen LogP contribution in [0.1, 0.15) is 11.7 Å². The molecule has 0 radical (unpaired) electrons. The Morgan fingerprint density at radius 1 is 1.44 bits per heavy atom. The number of H-pyrrole nitrogens is 1. The SMILES string of the molecule is N=C1NC(=O)NC(c2ccnc(=O)[nH]2)C1N. The van der Waals surface area contributed by atoms with Crippen molar-refractivity contribution in [2.75, 3.05) is 0 Å². The minimum Gasteiger partial charge on any atom is -0.327 e. The van der Waals surface area contributed by atoms with E-state index >= 15 is 0 Å². The number of aromatic nitrogens is 2. The van der Waals surface area contributed by atoms with Gasteiger partial charge in [-0.15, -0.1) is 0 Å². The van der Waals surface area contributed by atoms with E-state index in [1.165, 1.54) is 12.3 Å². The van der Waals surface area contributed by atoms with E-state index in [2.05, 4.69) is 20.6 Å². The zero-order chi connectivity index (χ0) is 11.7. The molecule has 2 atom stereocenters. The molecule has 0 spiro atoms. The van der Waals surface area contributed by atoms with E-state index in [1.807, 2.05) is 0 Å². The van der Waals surface area contributed by atoms with Crippen molar-refractivity contribution >= 4 is 11.9 Å². The molecule has 2 heterocycles. The molecule has 2 rings (SSSR count). The van der Waals surface area contributed by atoms with Gasteiger partial charge in [-0.05, 0) is 6.07 Å². The third-order valence-corrected chi connectivity index (χ3v) is 2.26. The standard InChI is InChI=1S/C8H10N6O2/c9-4-5(13-8(16)14-6(4)10)3-1-2-11-7(15)12-3/h1-2,4-5H,9H2,(H,11,12,15)(H3,10,13,14,16). The number of rotatable bonds is 1. The maximum absolute atomic E-state index is 11.2. The van der Waals surface area contributed by atoms with Gasteiger partial charge in [-0.25, -0.2) is 14.6 Å². The van der Waals surface area contributed by atoms with Crippen molar-refractivity contribution < 1.29 is 4.79 Å². The highest BCUT2D eigenvalue weighted by atomic mass is 16.2. The number of nitrogens with zero attached hydrogens (tertiary/aromatic N) is 1. The highest BCUT2D eigenvalue weighted by Gasteiger charge is 2.31. The van der Waals surface area contributed by atoms with Crippen molar-refractivity contribution in [2.24, 2.45) is 5.73 Å². The lowest BCUT2D eigenvalue weighted by Crippen LogP contribution is -2.60. The number of hydrogen-bond acceptors (Lipinski definition) is 5. The van der Waals surface area contributed by atoms with Gasteiger partial charge in [-0.3, -0.25) is 10.7 Å². The second kappa shape index (κ2) is 3.74. The van der Waals surface area contributed by atoms with E-state index in [4.69, 9.17) is 11.1 Å². The first kappa shape index (κ1) is 10.3. The number of amides is 2. The van der Waals surface area contributed by atoms with Gasteiger partial charge in [0.15, 0.2) is 0 Å². The van der Waals surface area contributed by atoms with E-state index in [-0.39, 0.29) is 5.84 Å². The number of urea groups is 1. The van der Waals surface area contributed by atoms with Gasteiger partial charge in [-0.1, -0.05) is 0 Å². The minimum absolute atomic E-state index is 0.0913. The summed E-state index contributed by atoms with van der Waals surface area (Å²) in [6.07, 6.45) is 1.32. The molecule has 0 bridgehead atoms. The average Bonchev–Trinajstić information content (AvgIpc) is 2.23. The first-order valence-corrected chi connectivity index (χ1v) is 4.54. The molecule has 1 aliphatic rings. The normalized spacial score (nSPS) is 24.8. The largest absolute Gasteiger partial charge is 0.345 e. The van der Waals surface area contributed by atoms with Crippen molar-refractivity contribution in [3.8, 4) is 0 Å². The Morgan fingerprint density at radius 2 is 2.19 bits per heavy atom. The molecular weight excluding hydrogens is 212 g/mol. The van der Waals surface area contributed by atoms with Crippen LogP contribution in [0.3, 0.4) is 0 Å². The van der Waals surface area contributed by atoms with E-state index in [0.717, 1.165) is 0 Å². The van der Waals surface area contributed by atoms with Crippen LogP contribution < -0.4 is 22.1 Å². The summed E-state index contributed by atoms with van der Waals surface area (Å²) in [5, 5.41) is 12.2. The Labute approximate surface area is 89.8 Å². The van der Waals surface area contributed by atoms with Crippen molar-refractivity contribution in [1.29, 1.82) is 5.41 Å². The molecule has 0 aliphatic carbocycles. The molecule has 8 nitrogen and oxygen atoms in total. The lowest BCUT2D eigenvalue weighted by Gasteiger charge is -2.30. The Balaban J connectivity index is 2.35. The van der Waals surface area contributed by atoms with Gasteiger partial charge in [0, 0.05) is 11.9 Å². The molecule has 2 amide bonds. The Bertz CT molecular complexity index is 495. The van der Waals surface area contributed by atoms with Crippen LogP contribution in [0.5, 0.6) is 0 Å². The molecule has 1 fully saturated rings. The minimum atomic E-state index is -0.726. The first-order chi connectivity index (χ1) is 7.58. The summed E-state index contributed by atoms with van der Waals surface area (Å²) in [7, 11) is 0. The average molecular weight is 222 g/mol. The number of nitrogens with one attached hydrogen (secondary N) is 4. The number of hydrogen-bond donors (Lipinski definition) is 5. The van der Waals surface area contributed by atoms with E-state index in [1.54, 1.807) is 0 Å². The summed E-state index contributed by atoms with van der Waals surface area (Å²) in [5.74, 6) is -0.0913. The second-order valence-corrected chi connectivity index (χ2v) is 3.35. The van der Waals surface area contributed by atoms with Crippen molar-refractivity contribution in [2.45, 2.75) is 12.1 Å². The molecule has 1 saturated heterocycles. The Kier molecular flexibility index (Phi) is 2.41. The molecular formula is C8H10N6O2. The monoisotopic (exact) mass is 222 g/mol. The molecule has 8 heteroatoms. The quantitative estimate of drug-likeness (QED) is 0.392. The predicted molar refractivity (Wildman–Crippen MR) is 55.0 cm³/mol. The molecule has 84 valence electrons. The fraction of sp³-hybridized carbons (Fsp3) is 0.250. The van der Waals surface area contributed by atoms with Crippen LogP contribution in [0.15, 0.2) is 17.1 Å². The maximum Gasteiger partial charge on any atom is 0.345 e. The summed E-state index contributed by atoms with van der Waals surface area (Å²) in [6, 6.07) is -0.341. The van der Waals surface area contributed by atoms with Gasteiger partial charge in [0.05, 0.1) is 12.1 Å². The van der Waals surface area contributed by atoms with Gasteiger partial charge in [0.25, 0.3) is 0 Å². The van der Waals surface area contributed by atoms with Crippen molar-refractivity contribution in [3.05, 3.63) is 28.4 Å². The lowest BCUT2D eigenvalue weighted by molar-refractivity contribution is 0.236. The van der Waals surface area contributed by atoms with E-state index in [9.17, 15) is 9.59 Å². The van der Waals surface area contributed by atoms with E-state index in [0.29, 0.717) is 5.69 Å². The number of nitrogens with two attached hydrogens (primary N) is 1.